The Labute approximate surface area is 155 Å². The smallest absolute Gasteiger partial charge is 0.308 e. The van der Waals surface area contributed by atoms with Gasteiger partial charge in [-0.05, 0) is 43.9 Å². The van der Waals surface area contributed by atoms with E-state index in [1.807, 2.05) is 27.7 Å². The highest BCUT2D eigenvalue weighted by Crippen LogP contribution is 2.21. The molecule has 0 aromatic rings. The first-order valence-corrected chi connectivity index (χ1v) is 10.3. The monoisotopic (exact) mass is 356 g/mol. The van der Waals surface area contributed by atoms with E-state index < -0.39 is 0 Å². The Morgan fingerprint density at radius 3 is 1.16 bits per heavy atom. The number of rotatable bonds is 14. The Balaban J connectivity index is 4.40. The van der Waals surface area contributed by atoms with Crippen LogP contribution in [0.1, 0.15) is 86.5 Å². The van der Waals surface area contributed by atoms with Crippen LogP contribution in [0.3, 0.4) is 0 Å². The summed E-state index contributed by atoms with van der Waals surface area (Å²) in [7, 11) is 0. The van der Waals surface area contributed by atoms with Gasteiger partial charge in [0.15, 0.2) is 0 Å². The first-order chi connectivity index (χ1) is 12.0. The van der Waals surface area contributed by atoms with Crippen LogP contribution in [-0.4, -0.2) is 25.2 Å². The fourth-order valence-electron chi connectivity index (χ4n) is 3.06. The molecular weight excluding hydrogens is 316 g/mol. The summed E-state index contributed by atoms with van der Waals surface area (Å²) in [6.07, 6.45) is 6.18. The van der Waals surface area contributed by atoms with Crippen molar-refractivity contribution in [1.82, 2.24) is 0 Å². The molecule has 0 aliphatic carbocycles. The molecule has 2 atom stereocenters. The van der Waals surface area contributed by atoms with Gasteiger partial charge in [0.2, 0.25) is 0 Å². The molecule has 0 spiro atoms. The van der Waals surface area contributed by atoms with Crippen molar-refractivity contribution in [2.75, 3.05) is 13.2 Å². The Kier molecular flexibility index (Phi) is 13.5. The first kappa shape index (κ1) is 23.9. The fraction of sp³-hybridized carbons (Fsp3) is 0.905. The summed E-state index contributed by atoms with van der Waals surface area (Å²) in [5.41, 5.74) is 0. The van der Waals surface area contributed by atoms with Gasteiger partial charge in [0.25, 0.3) is 0 Å². The Morgan fingerprint density at radius 2 is 0.920 bits per heavy atom. The van der Waals surface area contributed by atoms with Crippen LogP contribution in [0, 0.1) is 23.7 Å². The van der Waals surface area contributed by atoms with Crippen molar-refractivity contribution in [2.24, 2.45) is 23.7 Å². The van der Waals surface area contributed by atoms with Gasteiger partial charge in [-0.2, -0.15) is 0 Å². The predicted octanol–water partition coefficient (Wildman–Crippen LogP) is 5.39. The standard InChI is InChI=1S/C21H40O4/c1-7-16(14-24-20(22)18(9-3)10-4)13-17(8-2)15-25-21(23)19(11-5)12-6/h16-19H,7-15H2,1-6H3. The zero-order valence-corrected chi connectivity index (χ0v) is 17.3. The summed E-state index contributed by atoms with van der Waals surface area (Å²) in [5, 5.41) is 0. The van der Waals surface area contributed by atoms with Gasteiger partial charge in [0.05, 0.1) is 25.0 Å². The Hall–Kier alpha value is -1.06. The highest BCUT2D eigenvalue weighted by Gasteiger charge is 2.22. The molecule has 148 valence electrons. The summed E-state index contributed by atoms with van der Waals surface area (Å²) in [4.78, 5) is 24.1. The minimum absolute atomic E-state index is 0.0143. The Bertz CT molecular complexity index is 325. The quantitative estimate of drug-likeness (QED) is 0.392. The molecule has 0 rings (SSSR count). The van der Waals surface area contributed by atoms with Gasteiger partial charge in [0, 0.05) is 0 Å². The number of esters is 2. The molecule has 4 heteroatoms. The van der Waals surface area contributed by atoms with E-state index in [1.54, 1.807) is 0 Å². The van der Waals surface area contributed by atoms with Crippen molar-refractivity contribution >= 4 is 11.9 Å². The van der Waals surface area contributed by atoms with Crippen LogP contribution in [0.15, 0.2) is 0 Å². The van der Waals surface area contributed by atoms with Crippen LogP contribution in [0.2, 0.25) is 0 Å². The fourth-order valence-corrected chi connectivity index (χ4v) is 3.06. The van der Waals surface area contributed by atoms with Gasteiger partial charge >= 0.3 is 11.9 Å². The van der Waals surface area contributed by atoms with Crippen molar-refractivity contribution < 1.29 is 19.1 Å². The number of hydrogen-bond acceptors (Lipinski definition) is 4. The molecule has 0 saturated heterocycles. The molecule has 0 aliphatic rings. The van der Waals surface area contributed by atoms with E-state index in [0.717, 1.165) is 44.9 Å². The topological polar surface area (TPSA) is 52.6 Å². The molecule has 0 fully saturated rings. The molecule has 0 N–H and O–H groups in total. The average Bonchev–Trinajstić information content (AvgIpc) is 2.63. The number of carbonyl (C=O) groups is 2. The third kappa shape index (κ3) is 9.27. The lowest BCUT2D eigenvalue weighted by Gasteiger charge is -2.23. The summed E-state index contributed by atoms with van der Waals surface area (Å²) in [6, 6.07) is 0. The lowest BCUT2D eigenvalue weighted by molar-refractivity contribution is -0.151. The molecule has 0 bridgehead atoms. The first-order valence-electron chi connectivity index (χ1n) is 10.3. The highest BCUT2D eigenvalue weighted by molar-refractivity contribution is 5.72. The van der Waals surface area contributed by atoms with Crippen LogP contribution in [0.5, 0.6) is 0 Å². The van der Waals surface area contributed by atoms with Crippen molar-refractivity contribution in [3.8, 4) is 0 Å². The summed E-state index contributed by atoms with van der Waals surface area (Å²) >= 11 is 0. The summed E-state index contributed by atoms with van der Waals surface area (Å²) in [6.45, 7) is 13.3. The van der Waals surface area contributed by atoms with Gasteiger partial charge in [-0.3, -0.25) is 9.59 Å². The molecule has 0 aromatic heterocycles. The maximum absolute atomic E-state index is 12.0. The molecular formula is C21H40O4. The lowest BCUT2D eigenvalue weighted by Crippen LogP contribution is -2.24. The van der Waals surface area contributed by atoms with E-state index in [-0.39, 0.29) is 23.8 Å². The van der Waals surface area contributed by atoms with E-state index in [2.05, 4.69) is 13.8 Å². The second-order valence-corrected chi connectivity index (χ2v) is 7.07. The third-order valence-electron chi connectivity index (χ3n) is 5.38. The van der Waals surface area contributed by atoms with Gasteiger partial charge < -0.3 is 9.47 Å². The largest absolute Gasteiger partial charge is 0.465 e. The predicted molar refractivity (Wildman–Crippen MR) is 102 cm³/mol. The molecule has 4 nitrogen and oxygen atoms in total. The van der Waals surface area contributed by atoms with Crippen LogP contribution in [0.25, 0.3) is 0 Å². The number of hydrogen-bond donors (Lipinski definition) is 0. The molecule has 2 unspecified atom stereocenters. The van der Waals surface area contributed by atoms with Crippen LogP contribution >= 0.6 is 0 Å². The maximum atomic E-state index is 12.0. The molecule has 0 amide bonds. The van der Waals surface area contributed by atoms with E-state index in [1.165, 1.54) is 0 Å². The minimum Gasteiger partial charge on any atom is -0.465 e. The number of ether oxygens (including phenoxy) is 2. The zero-order valence-electron chi connectivity index (χ0n) is 17.3. The van der Waals surface area contributed by atoms with Crippen molar-refractivity contribution in [2.45, 2.75) is 86.5 Å². The molecule has 0 saturated carbocycles. The normalized spacial score (nSPS) is 13.8. The van der Waals surface area contributed by atoms with Gasteiger partial charge in [-0.25, -0.2) is 0 Å². The molecule has 0 radical (unpaired) electrons. The average molecular weight is 357 g/mol. The Morgan fingerprint density at radius 1 is 0.600 bits per heavy atom. The van der Waals surface area contributed by atoms with E-state index in [0.29, 0.717) is 25.0 Å². The maximum Gasteiger partial charge on any atom is 0.308 e. The molecule has 25 heavy (non-hydrogen) atoms. The SMILES string of the molecule is CCC(COC(=O)C(CC)CC)CC(CC)COC(=O)C(CC)CC. The van der Waals surface area contributed by atoms with E-state index in [9.17, 15) is 9.59 Å². The zero-order chi connectivity index (χ0) is 19.2. The van der Waals surface area contributed by atoms with Crippen LogP contribution in [-0.2, 0) is 19.1 Å². The van der Waals surface area contributed by atoms with E-state index in [4.69, 9.17) is 9.47 Å². The summed E-state index contributed by atoms with van der Waals surface area (Å²) in [5.74, 6) is 0.541. The lowest BCUT2D eigenvalue weighted by atomic mass is 9.91. The second kappa shape index (κ2) is 14.1. The third-order valence-corrected chi connectivity index (χ3v) is 5.38. The van der Waals surface area contributed by atoms with Gasteiger partial charge in [0.1, 0.15) is 0 Å². The number of carbonyl (C=O) groups excluding carboxylic acids is 2. The molecule has 0 aromatic carbocycles. The van der Waals surface area contributed by atoms with Crippen LogP contribution in [0.4, 0.5) is 0 Å². The summed E-state index contributed by atoms with van der Waals surface area (Å²) < 4.78 is 11.1. The van der Waals surface area contributed by atoms with Crippen molar-refractivity contribution in [3.05, 3.63) is 0 Å². The molecule has 0 aliphatic heterocycles. The van der Waals surface area contributed by atoms with Crippen molar-refractivity contribution in [1.29, 1.82) is 0 Å². The second-order valence-electron chi connectivity index (χ2n) is 7.07. The highest BCUT2D eigenvalue weighted by atomic mass is 16.5. The minimum atomic E-state index is -0.0725. The van der Waals surface area contributed by atoms with Crippen molar-refractivity contribution in [3.63, 3.8) is 0 Å². The van der Waals surface area contributed by atoms with Crippen LogP contribution < -0.4 is 0 Å². The van der Waals surface area contributed by atoms with Gasteiger partial charge in [-0.1, -0.05) is 54.4 Å². The van der Waals surface area contributed by atoms with E-state index >= 15 is 0 Å². The molecule has 0 heterocycles. The van der Waals surface area contributed by atoms with Gasteiger partial charge in [-0.15, -0.1) is 0 Å².